The molecule has 1 spiro atoms. The molecule has 2 saturated heterocycles. The van der Waals surface area contributed by atoms with Gasteiger partial charge in [-0.15, -0.1) is 0 Å². The standard InChI is InChI=1S/C22H26N2O4S/c1-18(19-8-4-2-5-9-19)21(25)23-14-12-22(13-15-23)24(16-17-28-22)29(26,27)20-10-6-3-7-11-20/h2-11,18H,12-17H2,1H3. The van der Waals surface area contributed by atoms with Crippen molar-refractivity contribution in [2.75, 3.05) is 26.2 Å². The van der Waals surface area contributed by atoms with Crippen molar-refractivity contribution in [3.8, 4) is 0 Å². The van der Waals surface area contributed by atoms with Crippen LogP contribution in [0.3, 0.4) is 0 Å². The number of rotatable bonds is 4. The van der Waals surface area contributed by atoms with E-state index in [0.29, 0.717) is 39.1 Å². The van der Waals surface area contributed by atoms with Gasteiger partial charge in [-0.1, -0.05) is 48.5 Å². The molecule has 0 aromatic heterocycles. The summed E-state index contributed by atoms with van der Waals surface area (Å²) in [6.45, 7) is 3.60. The molecule has 0 N–H and O–H groups in total. The fraction of sp³-hybridized carbons (Fsp3) is 0.409. The fourth-order valence-electron chi connectivity index (χ4n) is 4.28. The van der Waals surface area contributed by atoms with Gasteiger partial charge in [-0.25, -0.2) is 8.42 Å². The Bertz CT molecular complexity index is 955. The average Bonchev–Trinajstić information content (AvgIpc) is 3.18. The summed E-state index contributed by atoms with van der Waals surface area (Å²) >= 11 is 0. The third-order valence-corrected chi connectivity index (χ3v) is 7.94. The smallest absolute Gasteiger partial charge is 0.245 e. The van der Waals surface area contributed by atoms with Gasteiger partial charge >= 0.3 is 0 Å². The number of piperidine rings is 1. The summed E-state index contributed by atoms with van der Waals surface area (Å²) in [5.41, 5.74) is 0.129. The number of hydrogen-bond acceptors (Lipinski definition) is 4. The normalized spacial score (nSPS) is 20.7. The van der Waals surface area contributed by atoms with Crippen molar-refractivity contribution in [3.05, 3.63) is 66.2 Å². The van der Waals surface area contributed by atoms with E-state index in [2.05, 4.69) is 0 Å². The summed E-state index contributed by atoms with van der Waals surface area (Å²) in [6, 6.07) is 18.2. The van der Waals surface area contributed by atoms with E-state index in [1.54, 1.807) is 30.3 Å². The van der Waals surface area contributed by atoms with Gasteiger partial charge in [0.2, 0.25) is 15.9 Å². The van der Waals surface area contributed by atoms with Crippen LogP contribution in [0.2, 0.25) is 0 Å². The van der Waals surface area contributed by atoms with E-state index < -0.39 is 15.7 Å². The van der Waals surface area contributed by atoms with Crippen LogP contribution in [0.1, 0.15) is 31.2 Å². The Labute approximate surface area is 172 Å². The highest BCUT2D eigenvalue weighted by atomic mass is 32.2. The van der Waals surface area contributed by atoms with Crippen LogP contribution in [0.15, 0.2) is 65.6 Å². The van der Waals surface area contributed by atoms with E-state index in [-0.39, 0.29) is 16.7 Å². The molecule has 2 aliphatic heterocycles. The first kappa shape index (κ1) is 20.1. The number of carbonyl (C=O) groups excluding carboxylic acids is 1. The van der Waals surface area contributed by atoms with Gasteiger partial charge in [-0.2, -0.15) is 4.31 Å². The van der Waals surface area contributed by atoms with Crippen LogP contribution in [0.4, 0.5) is 0 Å². The number of benzene rings is 2. The number of sulfonamides is 1. The molecule has 2 aromatic rings. The van der Waals surface area contributed by atoms with Crippen molar-refractivity contribution in [2.24, 2.45) is 0 Å². The van der Waals surface area contributed by atoms with Crippen LogP contribution < -0.4 is 0 Å². The summed E-state index contributed by atoms with van der Waals surface area (Å²) in [5.74, 6) is -0.152. The maximum absolute atomic E-state index is 13.2. The third-order valence-electron chi connectivity index (χ3n) is 5.98. The summed E-state index contributed by atoms with van der Waals surface area (Å²) in [5, 5.41) is 0. The molecule has 0 saturated carbocycles. The van der Waals surface area contributed by atoms with E-state index in [1.807, 2.05) is 42.2 Å². The zero-order chi connectivity index (χ0) is 20.5. The first-order valence-corrected chi connectivity index (χ1v) is 11.4. The second-order valence-corrected chi connectivity index (χ2v) is 9.50. The molecule has 0 bridgehead atoms. The first-order valence-electron chi connectivity index (χ1n) is 10.00. The Kier molecular flexibility index (Phi) is 5.46. The van der Waals surface area contributed by atoms with Crippen molar-refractivity contribution in [2.45, 2.75) is 36.3 Å². The van der Waals surface area contributed by atoms with Crippen LogP contribution >= 0.6 is 0 Å². The number of carbonyl (C=O) groups is 1. The molecule has 0 aliphatic carbocycles. The minimum atomic E-state index is -3.64. The highest BCUT2D eigenvalue weighted by Gasteiger charge is 2.51. The van der Waals surface area contributed by atoms with Crippen molar-refractivity contribution in [1.29, 1.82) is 0 Å². The zero-order valence-corrected chi connectivity index (χ0v) is 17.3. The van der Waals surface area contributed by atoms with Gasteiger partial charge in [0.25, 0.3) is 0 Å². The van der Waals surface area contributed by atoms with Gasteiger partial charge in [-0.3, -0.25) is 4.79 Å². The first-order chi connectivity index (χ1) is 13.9. The monoisotopic (exact) mass is 414 g/mol. The van der Waals surface area contributed by atoms with Crippen molar-refractivity contribution in [1.82, 2.24) is 9.21 Å². The zero-order valence-electron chi connectivity index (χ0n) is 16.5. The predicted molar refractivity (Wildman–Crippen MR) is 110 cm³/mol. The second-order valence-electron chi connectivity index (χ2n) is 7.64. The van der Waals surface area contributed by atoms with E-state index >= 15 is 0 Å². The molecule has 0 radical (unpaired) electrons. The average molecular weight is 415 g/mol. The van der Waals surface area contributed by atoms with Crippen LogP contribution in [-0.2, 0) is 19.6 Å². The molecule has 7 heteroatoms. The molecule has 29 heavy (non-hydrogen) atoms. The number of ether oxygens (including phenoxy) is 1. The minimum absolute atomic E-state index is 0.0708. The second kappa shape index (κ2) is 7.89. The Morgan fingerprint density at radius 2 is 1.55 bits per heavy atom. The molecule has 2 heterocycles. The highest BCUT2D eigenvalue weighted by molar-refractivity contribution is 7.89. The lowest BCUT2D eigenvalue weighted by Crippen LogP contribution is -2.56. The lowest BCUT2D eigenvalue weighted by atomic mass is 9.96. The minimum Gasteiger partial charge on any atom is -0.358 e. The number of likely N-dealkylation sites (tertiary alicyclic amines) is 1. The largest absolute Gasteiger partial charge is 0.358 e. The SMILES string of the molecule is CC(C(=O)N1CCC2(CC1)OCCN2S(=O)(=O)c1ccccc1)c1ccccc1. The molecule has 2 aliphatic rings. The Morgan fingerprint density at radius 3 is 2.17 bits per heavy atom. The van der Waals surface area contributed by atoms with Gasteiger partial charge in [0.15, 0.2) is 0 Å². The molecule has 1 amide bonds. The molecular weight excluding hydrogens is 388 g/mol. The predicted octanol–water partition coefficient (Wildman–Crippen LogP) is 2.83. The van der Waals surface area contributed by atoms with Crippen molar-refractivity contribution < 1.29 is 17.9 Å². The van der Waals surface area contributed by atoms with Crippen LogP contribution in [-0.4, -0.2) is 55.5 Å². The molecule has 154 valence electrons. The molecule has 6 nitrogen and oxygen atoms in total. The van der Waals surface area contributed by atoms with Crippen LogP contribution in [0, 0.1) is 0 Å². The molecule has 2 aromatic carbocycles. The fourth-order valence-corrected chi connectivity index (χ4v) is 6.03. The molecule has 1 atom stereocenters. The summed E-state index contributed by atoms with van der Waals surface area (Å²) < 4.78 is 33.8. The highest BCUT2D eigenvalue weighted by Crippen LogP contribution is 2.38. The Hall–Kier alpha value is -2.22. The van der Waals surface area contributed by atoms with E-state index in [0.717, 1.165) is 5.56 Å². The number of amides is 1. The van der Waals surface area contributed by atoms with E-state index in [4.69, 9.17) is 4.74 Å². The molecular formula is C22H26N2O4S. The lowest BCUT2D eigenvalue weighted by molar-refractivity contribution is -0.141. The maximum Gasteiger partial charge on any atom is 0.245 e. The Morgan fingerprint density at radius 1 is 0.966 bits per heavy atom. The summed E-state index contributed by atoms with van der Waals surface area (Å²) in [4.78, 5) is 15.1. The van der Waals surface area contributed by atoms with Gasteiger partial charge in [0.1, 0.15) is 5.72 Å². The number of hydrogen-bond donors (Lipinski definition) is 0. The van der Waals surface area contributed by atoms with Gasteiger partial charge < -0.3 is 9.64 Å². The topological polar surface area (TPSA) is 66.9 Å². The van der Waals surface area contributed by atoms with Gasteiger partial charge in [0, 0.05) is 32.5 Å². The van der Waals surface area contributed by atoms with Gasteiger partial charge in [-0.05, 0) is 24.6 Å². The Balaban J connectivity index is 1.48. The van der Waals surface area contributed by atoms with Crippen LogP contribution in [0.25, 0.3) is 0 Å². The van der Waals surface area contributed by atoms with Gasteiger partial charge in [0.05, 0.1) is 17.4 Å². The number of nitrogens with zero attached hydrogens (tertiary/aromatic N) is 2. The third kappa shape index (κ3) is 3.70. The molecule has 4 rings (SSSR count). The van der Waals surface area contributed by atoms with E-state index in [1.165, 1.54) is 4.31 Å². The maximum atomic E-state index is 13.2. The molecule has 2 fully saturated rings. The van der Waals surface area contributed by atoms with Crippen molar-refractivity contribution >= 4 is 15.9 Å². The van der Waals surface area contributed by atoms with Crippen molar-refractivity contribution in [3.63, 3.8) is 0 Å². The molecule has 1 unspecified atom stereocenters. The van der Waals surface area contributed by atoms with E-state index in [9.17, 15) is 13.2 Å². The lowest BCUT2D eigenvalue weighted by Gasteiger charge is -2.43. The van der Waals surface area contributed by atoms with Crippen LogP contribution in [0.5, 0.6) is 0 Å². The quantitative estimate of drug-likeness (QED) is 0.772. The summed E-state index contributed by atoms with van der Waals surface area (Å²) in [6.07, 6.45) is 0.957. The summed E-state index contributed by atoms with van der Waals surface area (Å²) in [7, 11) is -3.64.